The number of para-hydroxylation sites is 1. The molecule has 2 aromatic rings. The number of aryl methyl sites for hydroxylation is 1. The second kappa shape index (κ2) is 9.17. The van der Waals surface area contributed by atoms with Crippen molar-refractivity contribution < 1.29 is 9.53 Å². The number of ether oxygens (including phenoxy) is 1. The normalized spacial score (nSPS) is 25.6. The van der Waals surface area contributed by atoms with Crippen LogP contribution in [0.25, 0.3) is 6.08 Å². The second-order valence-electron chi connectivity index (χ2n) is 8.26. The summed E-state index contributed by atoms with van der Waals surface area (Å²) in [6.45, 7) is 4.31. The Morgan fingerprint density at radius 3 is 2.63 bits per heavy atom. The van der Waals surface area contributed by atoms with E-state index >= 15 is 0 Å². The van der Waals surface area contributed by atoms with Crippen molar-refractivity contribution in [2.75, 3.05) is 12.4 Å². The number of thioether (sulfide) groups is 1. The Morgan fingerprint density at radius 1 is 1.13 bits per heavy atom. The molecule has 1 unspecified atom stereocenters. The molecule has 3 atom stereocenters. The highest BCUT2D eigenvalue weighted by Crippen LogP contribution is 2.42. The van der Waals surface area contributed by atoms with Gasteiger partial charge in [-0.2, -0.15) is 0 Å². The van der Waals surface area contributed by atoms with Crippen molar-refractivity contribution in [3.8, 4) is 5.75 Å². The number of hydrogen-bond donors (Lipinski definition) is 1. The molecule has 1 aliphatic heterocycles. The summed E-state index contributed by atoms with van der Waals surface area (Å²) in [5, 5.41) is 3.59. The van der Waals surface area contributed by atoms with Crippen LogP contribution in [0.3, 0.4) is 0 Å². The first kappa shape index (κ1) is 20.9. The maximum Gasteiger partial charge on any atom is 0.262 e. The van der Waals surface area contributed by atoms with Crippen molar-refractivity contribution in [1.29, 1.82) is 0 Å². The molecule has 2 fully saturated rings. The van der Waals surface area contributed by atoms with Gasteiger partial charge in [0.2, 0.25) is 0 Å². The number of carbonyl (C=O) groups is 1. The number of methoxy groups -OCH3 is 1. The van der Waals surface area contributed by atoms with Crippen LogP contribution in [-0.2, 0) is 4.79 Å². The predicted octanol–water partition coefficient (Wildman–Crippen LogP) is 5.89. The van der Waals surface area contributed by atoms with E-state index in [2.05, 4.69) is 29.3 Å². The topological polar surface area (TPSA) is 41.6 Å². The van der Waals surface area contributed by atoms with Crippen molar-refractivity contribution in [1.82, 2.24) is 4.90 Å². The van der Waals surface area contributed by atoms with E-state index in [1.54, 1.807) is 18.9 Å². The van der Waals surface area contributed by atoms with E-state index in [1.165, 1.54) is 19.3 Å². The summed E-state index contributed by atoms with van der Waals surface area (Å²) >= 11 is 1.62. The van der Waals surface area contributed by atoms with Crippen LogP contribution in [0.1, 0.15) is 43.7 Å². The van der Waals surface area contributed by atoms with Crippen molar-refractivity contribution in [3.05, 3.63) is 64.6 Å². The molecule has 0 spiro atoms. The van der Waals surface area contributed by atoms with E-state index in [0.717, 1.165) is 33.9 Å². The van der Waals surface area contributed by atoms with Crippen LogP contribution >= 0.6 is 11.8 Å². The fourth-order valence-electron chi connectivity index (χ4n) is 4.45. The molecule has 0 bridgehead atoms. The molecule has 2 aromatic carbocycles. The summed E-state index contributed by atoms with van der Waals surface area (Å²) in [5.41, 5.74) is 3.02. The monoisotopic (exact) mass is 422 g/mol. The smallest absolute Gasteiger partial charge is 0.262 e. The fraction of sp³-hybridized carbons (Fsp3) is 0.400. The molecule has 1 saturated heterocycles. The Morgan fingerprint density at radius 2 is 1.90 bits per heavy atom. The highest BCUT2D eigenvalue weighted by molar-refractivity contribution is 8.05. The lowest BCUT2D eigenvalue weighted by Gasteiger charge is -2.39. The molecule has 1 N–H and O–H groups in total. The van der Waals surface area contributed by atoms with Gasteiger partial charge < -0.3 is 15.0 Å². The number of hydrogen-bond acceptors (Lipinski definition) is 4. The van der Waals surface area contributed by atoms with Gasteiger partial charge in [0.05, 0.1) is 12.0 Å². The lowest BCUT2D eigenvalue weighted by molar-refractivity contribution is -0.129. The van der Waals surface area contributed by atoms with Crippen LogP contribution in [0.5, 0.6) is 5.75 Å². The summed E-state index contributed by atoms with van der Waals surface area (Å²) in [6.07, 6.45) is 6.71. The lowest BCUT2D eigenvalue weighted by atomic mass is 9.85. The summed E-state index contributed by atoms with van der Waals surface area (Å²) in [7, 11) is 1.68. The highest BCUT2D eigenvalue weighted by Gasteiger charge is 2.42. The number of rotatable bonds is 5. The molecule has 2 aliphatic rings. The molecule has 0 aromatic heterocycles. The zero-order chi connectivity index (χ0) is 21.1. The molecular weight excluding hydrogens is 392 g/mol. The number of nitrogens with zero attached hydrogens (tertiary/aromatic N) is 1. The van der Waals surface area contributed by atoms with Crippen molar-refractivity contribution in [2.24, 2.45) is 5.92 Å². The number of carbonyl (C=O) groups excluding carboxylic acids is 1. The largest absolute Gasteiger partial charge is 0.496 e. The predicted molar refractivity (Wildman–Crippen MR) is 125 cm³/mol. The van der Waals surface area contributed by atoms with Crippen LogP contribution in [0.2, 0.25) is 0 Å². The van der Waals surface area contributed by atoms with Crippen molar-refractivity contribution >= 4 is 29.4 Å². The number of nitrogens with one attached hydrogen (secondary N) is 1. The van der Waals surface area contributed by atoms with Gasteiger partial charge in [-0.05, 0) is 61.1 Å². The molecular formula is C25H30N2O2S. The first-order chi connectivity index (χ1) is 14.6. The average molecular weight is 423 g/mol. The van der Waals surface area contributed by atoms with Crippen LogP contribution in [0.15, 0.2) is 53.4 Å². The van der Waals surface area contributed by atoms with Gasteiger partial charge in [-0.25, -0.2) is 0 Å². The van der Waals surface area contributed by atoms with Gasteiger partial charge in [-0.3, -0.25) is 4.79 Å². The van der Waals surface area contributed by atoms with E-state index < -0.39 is 0 Å². The number of benzene rings is 2. The Bertz CT molecular complexity index is 928. The molecule has 5 heteroatoms. The number of anilines is 1. The Balaban J connectivity index is 1.65. The van der Waals surface area contributed by atoms with Gasteiger partial charge >= 0.3 is 0 Å². The molecule has 1 saturated carbocycles. The molecule has 4 nitrogen and oxygen atoms in total. The summed E-state index contributed by atoms with van der Waals surface area (Å²) in [5.74, 6) is 1.49. The molecule has 1 aliphatic carbocycles. The van der Waals surface area contributed by atoms with Gasteiger partial charge in [0.25, 0.3) is 5.91 Å². The molecule has 1 amide bonds. The van der Waals surface area contributed by atoms with Gasteiger partial charge in [-0.1, -0.05) is 61.9 Å². The first-order valence-electron chi connectivity index (χ1n) is 10.7. The first-order valence-corrected chi connectivity index (χ1v) is 11.6. The van der Waals surface area contributed by atoms with E-state index in [4.69, 9.17) is 4.74 Å². The summed E-state index contributed by atoms with van der Waals surface area (Å²) in [4.78, 5) is 16.4. The Hall–Kier alpha value is -2.40. The van der Waals surface area contributed by atoms with Gasteiger partial charge in [0, 0.05) is 11.7 Å². The maximum atomic E-state index is 13.5. The Kier molecular flexibility index (Phi) is 6.38. The quantitative estimate of drug-likeness (QED) is 0.610. The van der Waals surface area contributed by atoms with Crippen LogP contribution in [-0.4, -0.2) is 29.5 Å². The van der Waals surface area contributed by atoms with Crippen LogP contribution in [0.4, 0.5) is 5.69 Å². The highest BCUT2D eigenvalue weighted by atomic mass is 32.2. The van der Waals surface area contributed by atoms with Gasteiger partial charge in [-0.15, -0.1) is 0 Å². The third-order valence-electron chi connectivity index (χ3n) is 6.15. The SMILES string of the molecule is COc1cc(/C=C2\SC(Nc3ccccc3)N([C@@H]3CCCC[C@H]3C)C2=O)ccc1C. The molecule has 158 valence electrons. The van der Waals surface area contributed by atoms with Crippen LogP contribution < -0.4 is 10.1 Å². The van der Waals surface area contributed by atoms with E-state index in [1.807, 2.05) is 49.4 Å². The fourth-order valence-corrected chi connectivity index (χ4v) is 5.66. The van der Waals surface area contributed by atoms with Gasteiger partial charge in [0.1, 0.15) is 5.75 Å². The standard InChI is InChI=1S/C25H30N2O2S/c1-17-9-7-8-12-21(17)27-24(28)23(16-19-14-13-18(2)22(15-19)29-3)30-25(27)26-20-10-5-4-6-11-20/h4-6,10-11,13-17,21,25-26H,7-9,12H2,1-3H3/b23-16-/t17-,21-,25?/m1/s1. The second-order valence-corrected chi connectivity index (χ2v) is 9.38. The molecule has 0 radical (unpaired) electrons. The summed E-state index contributed by atoms with van der Waals surface area (Å²) in [6, 6.07) is 16.5. The summed E-state index contributed by atoms with van der Waals surface area (Å²) < 4.78 is 5.46. The Labute approximate surface area is 183 Å². The maximum absolute atomic E-state index is 13.5. The van der Waals surface area contributed by atoms with Crippen molar-refractivity contribution in [2.45, 2.75) is 51.1 Å². The zero-order valence-electron chi connectivity index (χ0n) is 17.9. The minimum absolute atomic E-state index is 0.0935. The van der Waals surface area contributed by atoms with E-state index in [-0.39, 0.29) is 17.4 Å². The molecule has 1 heterocycles. The van der Waals surface area contributed by atoms with Gasteiger partial charge in [0.15, 0.2) is 5.50 Å². The van der Waals surface area contributed by atoms with E-state index in [9.17, 15) is 4.79 Å². The number of amides is 1. The molecule has 4 rings (SSSR count). The zero-order valence-corrected chi connectivity index (χ0v) is 18.7. The molecule has 30 heavy (non-hydrogen) atoms. The minimum Gasteiger partial charge on any atom is -0.496 e. The third kappa shape index (κ3) is 4.36. The third-order valence-corrected chi connectivity index (χ3v) is 7.27. The minimum atomic E-state index is -0.0935. The van der Waals surface area contributed by atoms with Crippen molar-refractivity contribution in [3.63, 3.8) is 0 Å². The lowest BCUT2D eigenvalue weighted by Crippen LogP contribution is -2.48. The van der Waals surface area contributed by atoms with E-state index in [0.29, 0.717) is 5.92 Å². The van der Waals surface area contributed by atoms with Crippen LogP contribution in [0, 0.1) is 12.8 Å². The average Bonchev–Trinajstić information content (AvgIpc) is 3.05.